The van der Waals surface area contributed by atoms with Gasteiger partial charge in [0.2, 0.25) is 0 Å². The van der Waals surface area contributed by atoms with Gasteiger partial charge in [0.05, 0.1) is 13.2 Å². The molecule has 114 valence electrons. The molecule has 1 aromatic rings. The zero-order valence-electron chi connectivity index (χ0n) is 12.7. The van der Waals surface area contributed by atoms with Crippen molar-refractivity contribution in [3.8, 4) is 11.8 Å². The van der Waals surface area contributed by atoms with E-state index in [9.17, 15) is 4.79 Å². The number of rotatable bonds is 6. The minimum atomic E-state index is -0.0869. The molecule has 0 radical (unpaired) electrons. The summed E-state index contributed by atoms with van der Waals surface area (Å²) >= 11 is 0. The Morgan fingerprint density at radius 1 is 1.24 bits per heavy atom. The maximum Gasteiger partial charge on any atom is 0.253 e. The summed E-state index contributed by atoms with van der Waals surface area (Å²) in [4.78, 5) is 14.1. The smallest absolute Gasteiger partial charge is 0.253 e. The van der Waals surface area contributed by atoms with Crippen LogP contribution in [0.15, 0.2) is 18.2 Å². The number of amides is 1. The molecular formula is C17H23NO3. The Morgan fingerprint density at radius 2 is 2.00 bits per heavy atom. The van der Waals surface area contributed by atoms with E-state index in [1.54, 1.807) is 17.0 Å². The van der Waals surface area contributed by atoms with Crippen molar-refractivity contribution in [2.24, 2.45) is 0 Å². The zero-order valence-corrected chi connectivity index (χ0v) is 12.7. The third-order valence-electron chi connectivity index (χ3n) is 3.10. The SMILES string of the molecule is CCCN(CCO)C(=O)c1ccc(C)c(C#CCCO)c1. The highest BCUT2D eigenvalue weighted by atomic mass is 16.3. The van der Waals surface area contributed by atoms with Crippen LogP contribution in [0.4, 0.5) is 0 Å². The summed E-state index contributed by atoms with van der Waals surface area (Å²) in [7, 11) is 0. The van der Waals surface area contributed by atoms with Crippen molar-refractivity contribution in [1.82, 2.24) is 4.90 Å². The number of benzene rings is 1. The number of hydrogen-bond donors (Lipinski definition) is 2. The van der Waals surface area contributed by atoms with E-state index in [4.69, 9.17) is 10.2 Å². The Balaban J connectivity index is 2.99. The molecule has 4 nitrogen and oxygen atoms in total. The average Bonchev–Trinajstić information content (AvgIpc) is 2.48. The van der Waals surface area contributed by atoms with Crippen molar-refractivity contribution < 1.29 is 15.0 Å². The van der Waals surface area contributed by atoms with E-state index in [1.165, 1.54) is 0 Å². The van der Waals surface area contributed by atoms with Crippen molar-refractivity contribution in [2.75, 3.05) is 26.3 Å². The van der Waals surface area contributed by atoms with Gasteiger partial charge in [-0.1, -0.05) is 24.8 Å². The fourth-order valence-electron chi connectivity index (χ4n) is 1.99. The van der Waals surface area contributed by atoms with Gasteiger partial charge in [0.1, 0.15) is 0 Å². The van der Waals surface area contributed by atoms with Crippen LogP contribution in [0.25, 0.3) is 0 Å². The number of aryl methyl sites for hydroxylation is 1. The molecule has 0 bridgehead atoms. The first-order valence-corrected chi connectivity index (χ1v) is 7.24. The van der Waals surface area contributed by atoms with Crippen LogP contribution in [-0.2, 0) is 0 Å². The van der Waals surface area contributed by atoms with Crippen LogP contribution in [0.3, 0.4) is 0 Å². The monoisotopic (exact) mass is 289 g/mol. The molecule has 2 N–H and O–H groups in total. The van der Waals surface area contributed by atoms with Gasteiger partial charge in [-0.2, -0.15) is 0 Å². The van der Waals surface area contributed by atoms with Gasteiger partial charge in [-0.15, -0.1) is 0 Å². The summed E-state index contributed by atoms with van der Waals surface area (Å²) < 4.78 is 0. The maximum atomic E-state index is 12.4. The van der Waals surface area contributed by atoms with Crippen LogP contribution in [0.1, 0.15) is 41.3 Å². The largest absolute Gasteiger partial charge is 0.395 e. The lowest BCUT2D eigenvalue weighted by Crippen LogP contribution is -2.34. The molecule has 0 heterocycles. The van der Waals surface area contributed by atoms with Gasteiger partial charge in [0.25, 0.3) is 5.91 Å². The van der Waals surface area contributed by atoms with Crippen molar-refractivity contribution in [3.63, 3.8) is 0 Å². The highest BCUT2D eigenvalue weighted by Gasteiger charge is 2.15. The maximum absolute atomic E-state index is 12.4. The molecular weight excluding hydrogens is 266 g/mol. The fraction of sp³-hybridized carbons (Fsp3) is 0.471. The van der Waals surface area contributed by atoms with Crippen LogP contribution in [0, 0.1) is 18.8 Å². The first-order valence-electron chi connectivity index (χ1n) is 7.24. The molecule has 0 saturated heterocycles. The lowest BCUT2D eigenvalue weighted by atomic mass is 10.0. The van der Waals surface area contributed by atoms with Gasteiger partial charge in [-0.25, -0.2) is 0 Å². The normalized spacial score (nSPS) is 9.90. The fourth-order valence-corrected chi connectivity index (χ4v) is 1.99. The predicted molar refractivity (Wildman–Crippen MR) is 83.0 cm³/mol. The molecule has 0 atom stereocenters. The number of carbonyl (C=O) groups is 1. The molecule has 0 fully saturated rings. The third-order valence-corrected chi connectivity index (χ3v) is 3.10. The van der Waals surface area contributed by atoms with E-state index in [-0.39, 0.29) is 19.1 Å². The molecule has 0 unspecified atom stereocenters. The van der Waals surface area contributed by atoms with Crippen molar-refractivity contribution >= 4 is 5.91 Å². The van der Waals surface area contributed by atoms with E-state index < -0.39 is 0 Å². The van der Waals surface area contributed by atoms with E-state index >= 15 is 0 Å². The lowest BCUT2D eigenvalue weighted by Gasteiger charge is -2.21. The molecule has 0 spiro atoms. The average molecular weight is 289 g/mol. The van der Waals surface area contributed by atoms with Crippen molar-refractivity contribution in [3.05, 3.63) is 34.9 Å². The van der Waals surface area contributed by atoms with E-state index in [0.717, 1.165) is 17.5 Å². The minimum Gasteiger partial charge on any atom is -0.395 e. The first-order chi connectivity index (χ1) is 10.1. The Labute approximate surface area is 126 Å². The summed E-state index contributed by atoms with van der Waals surface area (Å²) in [5, 5.41) is 17.8. The highest BCUT2D eigenvalue weighted by Crippen LogP contribution is 2.13. The lowest BCUT2D eigenvalue weighted by molar-refractivity contribution is 0.0722. The summed E-state index contributed by atoms with van der Waals surface area (Å²) in [5.74, 6) is 5.77. The van der Waals surface area contributed by atoms with Crippen LogP contribution in [0.5, 0.6) is 0 Å². The molecule has 1 amide bonds. The molecule has 0 aliphatic carbocycles. The first kappa shape index (κ1) is 17.2. The van der Waals surface area contributed by atoms with Crippen LogP contribution in [-0.4, -0.2) is 47.3 Å². The second-order valence-corrected chi connectivity index (χ2v) is 4.82. The van der Waals surface area contributed by atoms with Gasteiger partial charge < -0.3 is 15.1 Å². The molecule has 0 saturated carbocycles. The number of aliphatic hydroxyl groups is 2. The highest BCUT2D eigenvalue weighted by molar-refractivity contribution is 5.94. The Kier molecular flexibility index (Phi) is 7.52. The second kappa shape index (κ2) is 9.17. The standard InChI is InChI=1S/C17H23NO3/c1-3-9-18(10-12-20)17(21)16-8-7-14(2)15(13-16)6-4-5-11-19/h7-8,13,19-20H,3,5,9-12H2,1-2H3. The number of hydrogen-bond acceptors (Lipinski definition) is 3. The third kappa shape index (κ3) is 5.22. The molecule has 0 aliphatic rings. The molecule has 0 aliphatic heterocycles. The van der Waals surface area contributed by atoms with Gasteiger partial charge in [-0.3, -0.25) is 4.79 Å². The van der Waals surface area contributed by atoms with Crippen LogP contribution in [0.2, 0.25) is 0 Å². The predicted octanol–water partition coefficient (Wildman–Crippen LogP) is 1.57. The topological polar surface area (TPSA) is 60.8 Å². The number of aliphatic hydroxyl groups excluding tert-OH is 2. The van der Waals surface area contributed by atoms with Gasteiger partial charge in [0, 0.05) is 30.6 Å². The number of carbonyl (C=O) groups excluding carboxylic acids is 1. The Morgan fingerprint density at radius 3 is 2.62 bits per heavy atom. The summed E-state index contributed by atoms with van der Waals surface area (Å²) in [6, 6.07) is 5.44. The van der Waals surface area contributed by atoms with Crippen molar-refractivity contribution in [2.45, 2.75) is 26.7 Å². The van der Waals surface area contributed by atoms with Gasteiger partial charge in [-0.05, 0) is 31.0 Å². The van der Waals surface area contributed by atoms with Crippen LogP contribution < -0.4 is 0 Å². The summed E-state index contributed by atoms with van der Waals surface area (Å²) in [6.07, 6.45) is 1.27. The Bertz CT molecular complexity index is 523. The van der Waals surface area contributed by atoms with E-state index in [1.807, 2.05) is 19.9 Å². The van der Waals surface area contributed by atoms with Gasteiger partial charge in [0.15, 0.2) is 0 Å². The molecule has 1 aromatic carbocycles. The van der Waals surface area contributed by atoms with Gasteiger partial charge >= 0.3 is 0 Å². The minimum absolute atomic E-state index is 0.0332. The Hall–Kier alpha value is -1.83. The van der Waals surface area contributed by atoms with E-state index in [2.05, 4.69) is 11.8 Å². The molecule has 1 rings (SSSR count). The molecule has 4 heteroatoms. The summed E-state index contributed by atoms with van der Waals surface area (Å²) in [5.41, 5.74) is 2.38. The molecule has 21 heavy (non-hydrogen) atoms. The van der Waals surface area contributed by atoms with Crippen molar-refractivity contribution in [1.29, 1.82) is 0 Å². The van der Waals surface area contributed by atoms with Crippen LogP contribution >= 0.6 is 0 Å². The van der Waals surface area contributed by atoms with E-state index in [0.29, 0.717) is 25.1 Å². The second-order valence-electron chi connectivity index (χ2n) is 4.82. The quantitative estimate of drug-likeness (QED) is 0.782. The number of nitrogens with zero attached hydrogens (tertiary/aromatic N) is 1. The molecule has 0 aromatic heterocycles. The summed E-state index contributed by atoms with van der Waals surface area (Å²) in [6.45, 7) is 4.89. The zero-order chi connectivity index (χ0) is 15.7.